The van der Waals surface area contributed by atoms with Gasteiger partial charge in [0.25, 0.3) is 0 Å². The van der Waals surface area contributed by atoms with Gasteiger partial charge in [0.1, 0.15) is 5.82 Å². The van der Waals surface area contributed by atoms with Gasteiger partial charge in [-0.3, -0.25) is 4.90 Å². The second kappa shape index (κ2) is 8.68. The van der Waals surface area contributed by atoms with E-state index in [2.05, 4.69) is 46.9 Å². The molecule has 1 aromatic rings. The topological polar surface area (TPSA) is 15.3 Å². The van der Waals surface area contributed by atoms with Gasteiger partial charge in [-0.15, -0.1) is 24.8 Å². The molecule has 1 heterocycles. The third-order valence-corrected chi connectivity index (χ3v) is 4.23. The Morgan fingerprint density at radius 3 is 2.29 bits per heavy atom. The van der Waals surface area contributed by atoms with Crippen LogP contribution in [-0.2, 0) is 0 Å². The van der Waals surface area contributed by atoms with Gasteiger partial charge in [0.15, 0.2) is 0 Å². The molecule has 1 saturated heterocycles. The van der Waals surface area contributed by atoms with E-state index in [9.17, 15) is 4.39 Å². The molecule has 0 bridgehead atoms. The summed E-state index contributed by atoms with van der Waals surface area (Å²) in [6.45, 7) is 10.4. The molecule has 0 saturated carbocycles. The predicted octanol–water partition coefficient (Wildman–Crippen LogP) is 4.42. The second-order valence-corrected chi connectivity index (χ2v) is 7.05. The fourth-order valence-corrected chi connectivity index (χ4v) is 3.26. The van der Waals surface area contributed by atoms with Crippen molar-refractivity contribution in [2.24, 2.45) is 5.41 Å². The minimum Gasteiger partial charge on any atom is -0.314 e. The fourth-order valence-electron chi connectivity index (χ4n) is 2.88. The molecule has 1 aliphatic rings. The summed E-state index contributed by atoms with van der Waals surface area (Å²) >= 11 is 3.30. The van der Waals surface area contributed by atoms with Gasteiger partial charge in [-0.25, -0.2) is 4.39 Å². The maximum atomic E-state index is 14.4. The Kier molecular flexibility index (Phi) is 8.74. The van der Waals surface area contributed by atoms with Crippen LogP contribution in [0.25, 0.3) is 0 Å². The number of piperazine rings is 1. The Bertz CT molecular complexity index is 446. The molecule has 1 atom stereocenters. The minimum atomic E-state index is -0.124. The zero-order chi connectivity index (χ0) is 14.0. The number of hydrogen-bond donors (Lipinski definition) is 1. The molecule has 1 fully saturated rings. The highest BCUT2D eigenvalue weighted by molar-refractivity contribution is 9.10. The molecule has 2 rings (SSSR count). The van der Waals surface area contributed by atoms with E-state index in [-0.39, 0.29) is 42.1 Å². The van der Waals surface area contributed by atoms with Gasteiger partial charge in [-0.1, -0.05) is 32.9 Å². The van der Waals surface area contributed by atoms with Crippen molar-refractivity contribution in [3.05, 3.63) is 34.1 Å². The van der Waals surface area contributed by atoms with Crippen LogP contribution >= 0.6 is 40.7 Å². The van der Waals surface area contributed by atoms with E-state index in [1.807, 2.05) is 12.1 Å². The molecule has 0 aliphatic carbocycles. The Morgan fingerprint density at radius 1 is 1.19 bits per heavy atom. The third kappa shape index (κ3) is 5.07. The van der Waals surface area contributed by atoms with Crippen molar-refractivity contribution in [3.63, 3.8) is 0 Å². The molecule has 0 aromatic heterocycles. The monoisotopic (exact) mass is 400 g/mol. The minimum absolute atomic E-state index is 0. The lowest BCUT2D eigenvalue weighted by Crippen LogP contribution is -2.48. The van der Waals surface area contributed by atoms with Crippen LogP contribution in [0.2, 0.25) is 0 Å². The maximum Gasteiger partial charge on any atom is 0.142 e. The summed E-state index contributed by atoms with van der Waals surface area (Å²) in [5.41, 5.74) is 0.794. The van der Waals surface area contributed by atoms with Crippen LogP contribution in [0.5, 0.6) is 0 Å². The Hall–Kier alpha value is 0.130. The molecule has 1 aromatic carbocycles. The largest absolute Gasteiger partial charge is 0.314 e. The van der Waals surface area contributed by atoms with Gasteiger partial charge in [-0.2, -0.15) is 0 Å². The number of benzene rings is 1. The Labute approximate surface area is 147 Å². The molecule has 0 amide bonds. The average molecular weight is 402 g/mol. The summed E-state index contributed by atoms with van der Waals surface area (Å²) in [4.78, 5) is 2.39. The van der Waals surface area contributed by atoms with Crippen LogP contribution < -0.4 is 5.32 Å². The van der Waals surface area contributed by atoms with Crippen molar-refractivity contribution < 1.29 is 4.39 Å². The zero-order valence-electron chi connectivity index (χ0n) is 12.7. The van der Waals surface area contributed by atoms with E-state index in [1.165, 1.54) is 0 Å². The van der Waals surface area contributed by atoms with Crippen LogP contribution in [0.4, 0.5) is 4.39 Å². The van der Waals surface area contributed by atoms with Crippen LogP contribution in [-0.4, -0.2) is 31.1 Å². The first kappa shape index (κ1) is 21.1. The highest BCUT2D eigenvalue weighted by Crippen LogP contribution is 2.40. The molecule has 1 N–H and O–H groups in total. The van der Waals surface area contributed by atoms with Gasteiger partial charge in [-0.05, 0) is 27.4 Å². The van der Waals surface area contributed by atoms with E-state index >= 15 is 0 Å². The zero-order valence-corrected chi connectivity index (χ0v) is 15.9. The van der Waals surface area contributed by atoms with Crippen molar-refractivity contribution in [1.29, 1.82) is 0 Å². The standard InChI is InChI=1S/C15H22BrFN2.2ClH/c1-15(2,3)14(19-9-7-18-8-10-19)11-5-4-6-12(16)13(11)17;;/h4-6,14,18H,7-10H2,1-3H3;2*1H/t14-;;/m0../s1. The van der Waals surface area contributed by atoms with E-state index in [0.29, 0.717) is 4.47 Å². The lowest BCUT2D eigenvalue weighted by atomic mass is 9.80. The first-order valence-electron chi connectivity index (χ1n) is 6.80. The normalized spacial score (nSPS) is 17.6. The average Bonchev–Trinajstić information content (AvgIpc) is 2.35. The van der Waals surface area contributed by atoms with Gasteiger partial charge < -0.3 is 5.32 Å². The number of nitrogens with zero attached hydrogens (tertiary/aromatic N) is 1. The van der Waals surface area contributed by atoms with Gasteiger partial charge in [0.2, 0.25) is 0 Å². The molecule has 6 heteroatoms. The summed E-state index contributed by atoms with van der Waals surface area (Å²) in [6, 6.07) is 5.70. The molecule has 122 valence electrons. The van der Waals surface area contributed by atoms with Crippen molar-refractivity contribution in [1.82, 2.24) is 10.2 Å². The molecular formula is C15H24BrCl2FN2. The van der Waals surface area contributed by atoms with Crippen molar-refractivity contribution in [2.75, 3.05) is 26.2 Å². The molecule has 2 nitrogen and oxygen atoms in total. The Balaban J connectivity index is 0.00000200. The van der Waals surface area contributed by atoms with Crippen LogP contribution in [0.3, 0.4) is 0 Å². The summed E-state index contributed by atoms with van der Waals surface area (Å²) in [5, 5.41) is 3.35. The van der Waals surface area contributed by atoms with Crippen molar-refractivity contribution >= 4 is 40.7 Å². The highest BCUT2D eigenvalue weighted by atomic mass is 79.9. The van der Waals surface area contributed by atoms with Crippen molar-refractivity contribution in [3.8, 4) is 0 Å². The predicted molar refractivity (Wildman–Crippen MR) is 95.2 cm³/mol. The highest BCUT2D eigenvalue weighted by Gasteiger charge is 2.34. The van der Waals surface area contributed by atoms with Gasteiger partial charge >= 0.3 is 0 Å². The molecule has 0 radical (unpaired) electrons. The molecule has 1 aliphatic heterocycles. The Morgan fingerprint density at radius 2 is 1.76 bits per heavy atom. The lowest BCUT2D eigenvalue weighted by Gasteiger charge is -2.42. The van der Waals surface area contributed by atoms with Crippen molar-refractivity contribution in [2.45, 2.75) is 26.8 Å². The maximum absolute atomic E-state index is 14.4. The first-order chi connectivity index (χ1) is 8.91. The smallest absolute Gasteiger partial charge is 0.142 e. The van der Waals surface area contributed by atoms with E-state index in [0.717, 1.165) is 31.7 Å². The lowest BCUT2D eigenvalue weighted by molar-refractivity contribution is 0.0833. The third-order valence-electron chi connectivity index (χ3n) is 3.61. The van der Waals surface area contributed by atoms with Crippen LogP contribution in [0.1, 0.15) is 32.4 Å². The summed E-state index contributed by atoms with van der Waals surface area (Å²) in [6.07, 6.45) is 0. The van der Waals surface area contributed by atoms with E-state index < -0.39 is 0 Å². The second-order valence-electron chi connectivity index (χ2n) is 6.20. The van der Waals surface area contributed by atoms with Gasteiger partial charge in [0, 0.05) is 37.8 Å². The summed E-state index contributed by atoms with van der Waals surface area (Å²) < 4.78 is 15.0. The van der Waals surface area contributed by atoms with E-state index in [4.69, 9.17) is 0 Å². The van der Waals surface area contributed by atoms with Gasteiger partial charge in [0.05, 0.1) is 4.47 Å². The van der Waals surface area contributed by atoms with Crippen LogP contribution in [0, 0.1) is 11.2 Å². The molecular weight excluding hydrogens is 378 g/mol. The molecule has 0 spiro atoms. The first-order valence-corrected chi connectivity index (χ1v) is 7.59. The number of nitrogens with one attached hydrogen (secondary N) is 1. The summed E-state index contributed by atoms with van der Waals surface area (Å²) in [7, 11) is 0. The van der Waals surface area contributed by atoms with Crippen LogP contribution in [0.15, 0.2) is 22.7 Å². The SMILES string of the molecule is CC(C)(C)[C@H](c1cccc(Br)c1F)N1CCNCC1.Cl.Cl. The number of halogens is 4. The quantitative estimate of drug-likeness (QED) is 0.788. The number of rotatable bonds is 2. The fraction of sp³-hybridized carbons (Fsp3) is 0.600. The molecule has 21 heavy (non-hydrogen) atoms. The summed E-state index contributed by atoms with van der Waals surface area (Å²) in [5.74, 6) is -0.124. The molecule has 0 unspecified atom stereocenters. The van der Waals surface area contributed by atoms with E-state index in [1.54, 1.807) is 6.07 Å². The number of hydrogen-bond acceptors (Lipinski definition) is 2.